The van der Waals surface area contributed by atoms with Crippen molar-refractivity contribution in [1.29, 1.82) is 0 Å². The first-order chi connectivity index (χ1) is 24.8. The summed E-state index contributed by atoms with van der Waals surface area (Å²) in [6.07, 6.45) is 12.1. The molecular weight excluding hydrogens is 664 g/mol. The SMILES string of the molecule is CCCCCCCCCCC(=O)N[C@@H](Cc1ccc(O)cc1)C(=O)N[C@@H](Cc1cnc[nH]1)C(=O)N[C@@H](Cc1ccc(O)cc1)C(=O)NOC(C)(C)C. The summed E-state index contributed by atoms with van der Waals surface area (Å²) >= 11 is 0. The lowest BCUT2D eigenvalue weighted by atomic mass is 10.0. The smallest absolute Gasteiger partial charge is 0.266 e. The zero-order valence-corrected chi connectivity index (χ0v) is 30.9. The van der Waals surface area contributed by atoms with Crippen LogP contribution in [-0.2, 0) is 43.3 Å². The molecule has 13 nitrogen and oxygen atoms in total. The minimum atomic E-state index is -1.17. The summed E-state index contributed by atoms with van der Waals surface area (Å²) in [4.78, 5) is 66.8. The molecule has 4 amide bonds. The molecule has 0 spiro atoms. The van der Waals surface area contributed by atoms with Crippen LogP contribution in [-0.4, -0.2) is 67.5 Å². The van der Waals surface area contributed by atoms with Crippen LogP contribution < -0.4 is 21.4 Å². The first-order valence-electron chi connectivity index (χ1n) is 18.2. The van der Waals surface area contributed by atoms with Gasteiger partial charge < -0.3 is 31.1 Å². The number of aromatic amines is 1. The molecule has 0 unspecified atom stereocenters. The number of benzene rings is 2. The number of imidazole rings is 1. The molecule has 52 heavy (non-hydrogen) atoms. The Morgan fingerprint density at radius 3 is 1.65 bits per heavy atom. The van der Waals surface area contributed by atoms with Crippen LogP contribution in [0.4, 0.5) is 0 Å². The summed E-state index contributed by atoms with van der Waals surface area (Å²) in [6, 6.07) is 9.28. The van der Waals surface area contributed by atoms with Crippen molar-refractivity contribution in [2.24, 2.45) is 0 Å². The number of carbonyl (C=O) groups excluding carboxylic acids is 4. The molecule has 0 saturated heterocycles. The number of aromatic nitrogens is 2. The van der Waals surface area contributed by atoms with Crippen LogP contribution in [0.5, 0.6) is 11.5 Å². The summed E-state index contributed by atoms with van der Waals surface area (Å²) in [5.74, 6) is -2.00. The van der Waals surface area contributed by atoms with E-state index < -0.39 is 41.4 Å². The summed E-state index contributed by atoms with van der Waals surface area (Å²) in [6.45, 7) is 7.48. The van der Waals surface area contributed by atoms with Crippen molar-refractivity contribution in [3.63, 3.8) is 0 Å². The van der Waals surface area contributed by atoms with E-state index in [0.717, 1.165) is 19.3 Å². The monoisotopic (exact) mass is 720 g/mol. The molecule has 0 bridgehead atoms. The van der Waals surface area contributed by atoms with Crippen LogP contribution in [0.15, 0.2) is 61.1 Å². The maximum Gasteiger partial charge on any atom is 0.266 e. The maximum absolute atomic E-state index is 14.0. The number of rotatable bonds is 22. The van der Waals surface area contributed by atoms with E-state index in [-0.39, 0.29) is 43.1 Å². The highest BCUT2D eigenvalue weighted by atomic mass is 16.7. The number of amides is 4. The molecule has 3 aromatic rings. The predicted octanol–water partition coefficient (Wildman–Crippen LogP) is 4.68. The summed E-state index contributed by atoms with van der Waals surface area (Å²) < 4.78 is 0. The molecule has 1 aromatic heterocycles. The number of phenols is 2. The molecule has 3 rings (SSSR count). The predicted molar refractivity (Wildman–Crippen MR) is 198 cm³/mol. The Bertz CT molecular complexity index is 1520. The van der Waals surface area contributed by atoms with Crippen molar-refractivity contribution in [1.82, 2.24) is 31.4 Å². The topological polar surface area (TPSA) is 195 Å². The Labute approximate surface area is 306 Å². The molecule has 7 N–H and O–H groups in total. The molecule has 0 fully saturated rings. The van der Waals surface area contributed by atoms with Crippen molar-refractivity contribution < 1.29 is 34.2 Å². The fourth-order valence-electron chi connectivity index (χ4n) is 5.48. The number of carbonyl (C=O) groups is 4. The number of hydrogen-bond acceptors (Lipinski definition) is 8. The zero-order valence-electron chi connectivity index (χ0n) is 30.9. The Kier molecular flexibility index (Phi) is 17.1. The number of unbranched alkanes of at least 4 members (excludes halogenated alkanes) is 7. The third-order valence-corrected chi connectivity index (χ3v) is 8.36. The van der Waals surface area contributed by atoms with E-state index in [9.17, 15) is 29.4 Å². The summed E-state index contributed by atoms with van der Waals surface area (Å²) in [7, 11) is 0. The average Bonchev–Trinajstić information content (AvgIpc) is 3.62. The molecule has 3 atom stereocenters. The number of nitrogens with one attached hydrogen (secondary N) is 5. The van der Waals surface area contributed by atoms with Gasteiger partial charge in [0, 0.05) is 37.6 Å². The van der Waals surface area contributed by atoms with E-state index in [0.29, 0.717) is 23.2 Å². The van der Waals surface area contributed by atoms with E-state index in [1.54, 1.807) is 45.0 Å². The van der Waals surface area contributed by atoms with Crippen molar-refractivity contribution in [3.8, 4) is 11.5 Å². The highest BCUT2D eigenvalue weighted by Crippen LogP contribution is 2.15. The van der Waals surface area contributed by atoms with Gasteiger partial charge in [-0.1, -0.05) is 76.1 Å². The molecule has 284 valence electrons. The van der Waals surface area contributed by atoms with Gasteiger partial charge in [0.15, 0.2) is 0 Å². The standard InChI is InChI=1S/C39H56N6O7/c1-5-6-7-8-9-10-11-12-13-35(48)42-32(22-27-14-18-30(46)19-15-27)36(49)44-34(24-29-25-40-26-41-29)37(50)43-33(38(51)45-52-39(2,3)4)23-28-16-20-31(47)21-17-28/h14-21,25-26,32-34,46-47H,5-13,22-24H2,1-4H3,(H,40,41)(H,42,48)(H,43,50)(H,44,49)(H,45,51)/t32-,33-,34-/m0/s1. The van der Waals surface area contributed by atoms with Gasteiger partial charge in [-0.05, 0) is 62.6 Å². The van der Waals surface area contributed by atoms with E-state index >= 15 is 0 Å². The van der Waals surface area contributed by atoms with Crippen LogP contribution in [0.1, 0.15) is 102 Å². The number of H-pyrrole nitrogens is 1. The largest absolute Gasteiger partial charge is 0.508 e. The minimum absolute atomic E-state index is 0.0156. The highest BCUT2D eigenvalue weighted by Gasteiger charge is 2.31. The number of hydroxylamine groups is 1. The summed E-state index contributed by atoms with van der Waals surface area (Å²) in [5, 5.41) is 28.0. The second kappa shape index (κ2) is 21.5. The third-order valence-electron chi connectivity index (χ3n) is 8.36. The maximum atomic E-state index is 14.0. The molecule has 1 heterocycles. The number of hydrogen-bond donors (Lipinski definition) is 7. The van der Waals surface area contributed by atoms with E-state index in [4.69, 9.17) is 4.84 Å². The molecule has 0 aliphatic rings. The van der Waals surface area contributed by atoms with Gasteiger partial charge >= 0.3 is 0 Å². The first-order valence-corrected chi connectivity index (χ1v) is 18.2. The fourth-order valence-corrected chi connectivity index (χ4v) is 5.48. The minimum Gasteiger partial charge on any atom is -0.508 e. The van der Waals surface area contributed by atoms with Crippen molar-refractivity contribution >= 4 is 23.6 Å². The molecule has 0 saturated carbocycles. The molecule has 0 aliphatic heterocycles. The lowest BCUT2D eigenvalue weighted by molar-refractivity contribution is -0.149. The molecule has 0 radical (unpaired) electrons. The lowest BCUT2D eigenvalue weighted by Gasteiger charge is -2.26. The normalized spacial score (nSPS) is 13.1. The molecule has 0 aliphatic carbocycles. The van der Waals surface area contributed by atoms with Crippen LogP contribution in [0.2, 0.25) is 0 Å². The Morgan fingerprint density at radius 2 is 1.17 bits per heavy atom. The number of nitrogens with zero attached hydrogens (tertiary/aromatic N) is 1. The third kappa shape index (κ3) is 16.0. The average molecular weight is 721 g/mol. The van der Waals surface area contributed by atoms with Gasteiger partial charge in [-0.25, -0.2) is 10.5 Å². The van der Waals surface area contributed by atoms with Crippen molar-refractivity contribution in [2.75, 3.05) is 0 Å². The summed E-state index contributed by atoms with van der Waals surface area (Å²) in [5.41, 5.74) is 3.64. The molecule has 2 aromatic carbocycles. The fraction of sp³-hybridized carbons (Fsp3) is 0.513. The Morgan fingerprint density at radius 1 is 0.692 bits per heavy atom. The molecular formula is C39H56N6O7. The van der Waals surface area contributed by atoms with Gasteiger partial charge in [0.25, 0.3) is 5.91 Å². The van der Waals surface area contributed by atoms with Crippen LogP contribution in [0.3, 0.4) is 0 Å². The second-order valence-corrected chi connectivity index (χ2v) is 14.2. The van der Waals surface area contributed by atoms with Gasteiger partial charge in [-0.3, -0.25) is 24.0 Å². The van der Waals surface area contributed by atoms with E-state index in [1.807, 2.05) is 0 Å². The van der Waals surface area contributed by atoms with Gasteiger partial charge in [-0.15, -0.1) is 0 Å². The van der Waals surface area contributed by atoms with E-state index in [2.05, 4.69) is 38.3 Å². The lowest BCUT2D eigenvalue weighted by Crippen LogP contribution is -2.58. The Hall–Kier alpha value is -4.91. The van der Waals surface area contributed by atoms with Crippen molar-refractivity contribution in [2.45, 2.75) is 128 Å². The zero-order chi connectivity index (χ0) is 37.9. The highest BCUT2D eigenvalue weighted by molar-refractivity contribution is 5.94. The van der Waals surface area contributed by atoms with Gasteiger partial charge in [0.05, 0.1) is 11.9 Å². The van der Waals surface area contributed by atoms with Gasteiger partial charge in [0.1, 0.15) is 29.6 Å². The van der Waals surface area contributed by atoms with Crippen LogP contribution >= 0.6 is 0 Å². The number of phenolic OH excluding ortho intramolecular Hbond substituents is 2. The van der Waals surface area contributed by atoms with Crippen LogP contribution in [0, 0.1) is 0 Å². The van der Waals surface area contributed by atoms with Gasteiger partial charge in [0.2, 0.25) is 17.7 Å². The Balaban J connectivity index is 1.77. The number of aromatic hydroxyl groups is 2. The molecule has 13 heteroatoms. The van der Waals surface area contributed by atoms with Crippen LogP contribution in [0.25, 0.3) is 0 Å². The van der Waals surface area contributed by atoms with E-state index in [1.165, 1.54) is 62.5 Å². The second-order valence-electron chi connectivity index (χ2n) is 14.2. The first kappa shape index (κ1) is 41.5. The van der Waals surface area contributed by atoms with Gasteiger partial charge in [-0.2, -0.15) is 0 Å². The quantitative estimate of drug-likeness (QED) is 0.0574. The van der Waals surface area contributed by atoms with Crippen molar-refractivity contribution in [3.05, 3.63) is 77.9 Å².